The lowest BCUT2D eigenvalue weighted by Gasteiger charge is -2.20. The van der Waals surface area contributed by atoms with Crippen LogP contribution in [0.25, 0.3) is 11.1 Å². The van der Waals surface area contributed by atoms with Gasteiger partial charge in [0.1, 0.15) is 23.5 Å². The minimum atomic E-state index is -0.627. The molecule has 0 aliphatic heterocycles. The van der Waals surface area contributed by atoms with Crippen LogP contribution in [0.4, 0.5) is 15.2 Å². The Morgan fingerprint density at radius 2 is 2.13 bits per heavy atom. The number of halogens is 1. The fourth-order valence-electron chi connectivity index (χ4n) is 2.55. The van der Waals surface area contributed by atoms with Crippen molar-refractivity contribution in [3.63, 3.8) is 0 Å². The number of anilines is 1. The average Bonchev–Trinajstić information content (AvgIpc) is 3.14. The first-order chi connectivity index (χ1) is 14.8. The number of alkyl carbamates (subject to hydrolysis) is 1. The van der Waals surface area contributed by atoms with E-state index in [0.717, 1.165) is 5.56 Å². The largest absolute Gasteiger partial charge is 0.489 e. The van der Waals surface area contributed by atoms with Gasteiger partial charge in [-0.2, -0.15) is 4.98 Å². The summed E-state index contributed by atoms with van der Waals surface area (Å²) >= 11 is 0. The molecular formula is C22H25FN4O4. The van der Waals surface area contributed by atoms with Gasteiger partial charge in [0.25, 0.3) is 6.01 Å². The van der Waals surface area contributed by atoms with Crippen LogP contribution in [0.2, 0.25) is 0 Å². The monoisotopic (exact) mass is 428 g/mol. The van der Waals surface area contributed by atoms with Crippen LogP contribution in [0.3, 0.4) is 0 Å². The van der Waals surface area contributed by atoms with Crippen molar-refractivity contribution < 1.29 is 23.1 Å². The Labute approximate surface area is 179 Å². The molecule has 2 heterocycles. The molecule has 0 saturated carbocycles. The van der Waals surface area contributed by atoms with Crippen LogP contribution in [0.5, 0.6) is 5.75 Å². The Kier molecular flexibility index (Phi) is 7.07. The first-order valence-electron chi connectivity index (χ1n) is 9.73. The van der Waals surface area contributed by atoms with Crippen molar-refractivity contribution in [1.29, 1.82) is 0 Å². The van der Waals surface area contributed by atoms with Gasteiger partial charge in [0, 0.05) is 37.1 Å². The van der Waals surface area contributed by atoms with E-state index in [9.17, 15) is 9.18 Å². The number of carbonyl (C=O) groups is 1. The van der Waals surface area contributed by atoms with Gasteiger partial charge in [0.05, 0.1) is 6.33 Å². The lowest BCUT2D eigenvalue weighted by Crippen LogP contribution is -2.34. The zero-order valence-electron chi connectivity index (χ0n) is 17.6. The van der Waals surface area contributed by atoms with E-state index in [-0.39, 0.29) is 18.7 Å². The number of fused-ring (bicyclic) bond motifs is 1. The predicted molar refractivity (Wildman–Crippen MR) is 114 cm³/mol. The third-order valence-electron chi connectivity index (χ3n) is 3.96. The molecule has 0 aliphatic rings. The summed E-state index contributed by atoms with van der Waals surface area (Å²) in [4.78, 5) is 20.1. The van der Waals surface area contributed by atoms with Gasteiger partial charge in [0.15, 0.2) is 5.58 Å². The zero-order chi connectivity index (χ0) is 22.3. The molecule has 3 aromatic rings. The van der Waals surface area contributed by atoms with Gasteiger partial charge in [-0.05, 0) is 44.5 Å². The van der Waals surface area contributed by atoms with Crippen LogP contribution in [0.1, 0.15) is 26.3 Å². The fraction of sp³-hybridized carbons (Fsp3) is 0.318. The van der Waals surface area contributed by atoms with Crippen molar-refractivity contribution in [2.75, 3.05) is 18.5 Å². The van der Waals surface area contributed by atoms with Gasteiger partial charge in [-0.25, -0.2) is 9.18 Å². The SMILES string of the molecule is CC(C)(C)OC(=O)NC/C(=C/F)COc1ccc2nc(NCc3cccnc3)oc2c1. The van der Waals surface area contributed by atoms with Gasteiger partial charge in [-0.1, -0.05) is 6.07 Å². The van der Waals surface area contributed by atoms with Gasteiger partial charge in [0.2, 0.25) is 0 Å². The van der Waals surface area contributed by atoms with Crippen LogP contribution in [0, 0.1) is 0 Å². The quantitative estimate of drug-likeness (QED) is 0.541. The van der Waals surface area contributed by atoms with Crippen LogP contribution in [-0.4, -0.2) is 34.8 Å². The van der Waals surface area contributed by atoms with Gasteiger partial charge in [-0.3, -0.25) is 4.98 Å². The molecule has 0 atom stereocenters. The lowest BCUT2D eigenvalue weighted by atomic mass is 10.2. The summed E-state index contributed by atoms with van der Waals surface area (Å²) in [6.07, 6.45) is 3.25. The molecule has 0 saturated heterocycles. The maximum Gasteiger partial charge on any atom is 0.407 e. The summed E-state index contributed by atoms with van der Waals surface area (Å²) in [6.45, 7) is 5.71. The summed E-state index contributed by atoms with van der Waals surface area (Å²) in [6, 6.07) is 9.32. The summed E-state index contributed by atoms with van der Waals surface area (Å²) < 4.78 is 29.6. The molecule has 2 N–H and O–H groups in total. The molecule has 8 nitrogen and oxygen atoms in total. The van der Waals surface area contributed by atoms with Crippen molar-refractivity contribution in [2.24, 2.45) is 0 Å². The smallest absolute Gasteiger partial charge is 0.407 e. The summed E-state index contributed by atoms with van der Waals surface area (Å²) in [5, 5.41) is 5.60. The normalized spacial score (nSPS) is 11.9. The van der Waals surface area contributed by atoms with E-state index >= 15 is 0 Å². The van der Waals surface area contributed by atoms with E-state index < -0.39 is 11.7 Å². The highest BCUT2D eigenvalue weighted by Gasteiger charge is 2.16. The summed E-state index contributed by atoms with van der Waals surface area (Å²) in [5.74, 6) is 0.485. The molecule has 164 valence electrons. The van der Waals surface area contributed by atoms with E-state index in [1.807, 2.05) is 12.1 Å². The number of benzene rings is 1. The fourth-order valence-corrected chi connectivity index (χ4v) is 2.55. The molecule has 9 heteroatoms. The van der Waals surface area contributed by atoms with E-state index in [2.05, 4.69) is 20.6 Å². The summed E-state index contributed by atoms with van der Waals surface area (Å²) in [7, 11) is 0. The highest BCUT2D eigenvalue weighted by Crippen LogP contribution is 2.24. The second-order valence-electron chi connectivity index (χ2n) is 7.77. The highest BCUT2D eigenvalue weighted by molar-refractivity contribution is 5.76. The first kappa shape index (κ1) is 22.1. The van der Waals surface area contributed by atoms with Crippen molar-refractivity contribution in [2.45, 2.75) is 32.9 Å². The Morgan fingerprint density at radius 1 is 1.29 bits per heavy atom. The number of oxazole rings is 1. The maximum absolute atomic E-state index is 13.2. The third-order valence-corrected chi connectivity index (χ3v) is 3.96. The van der Waals surface area contributed by atoms with Crippen molar-refractivity contribution >= 4 is 23.2 Å². The number of ether oxygens (including phenoxy) is 2. The molecule has 0 aliphatic carbocycles. The Hall–Kier alpha value is -3.62. The number of nitrogens with zero attached hydrogens (tertiary/aromatic N) is 2. The number of carbonyl (C=O) groups excluding carboxylic acids is 1. The van der Waals surface area contributed by atoms with Crippen LogP contribution >= 0.6 is 0 Å². The van der Waals surface area contributed by atoms with E-state index in [4.69, 9.17) is 13.9 Å². The number of rotatable bonds is 8. The molecule has 31 heavy (non-hydrogen) atoms. The van der Waals surface area contributed by atoms with Gasteiger partial charge >= 0.3 is 6.09 Å². The molecule has 1 aromatic carbocycles. The highest BCUT2D eigenvalue weighted by atomic mass is 19.1. The van der Waals surface area contributed by atoms with Crippen molar-refractivity contribution in [3.8, 4) is 5.75 Å². The van der Waals surface area contributed by atoms with Crippen LogP contribution in [0.15, 0.2) is 59.0 Å². The number of pyridine rings is 1. The maximum atomic E-state index is 13.2. The molecule has 1 amide bonds. The summed E-state index contributed by atoms with van der Waals surface area (Å²) in [5.41, 5.74) is 1.82. The first-order valence-corrected chi connectivity index (χ1v) is 9.73. The van der Waals surface area contributed by atoms with Gasteiger partial charge < -0.3 is 24.5 Å². The molecular weight excluding hydrogens is 403 g/mol. The Balaban J connectivity index is 1.53. The van der Waals surface area contributed by atoms with Gasteiger partial charge in [-0.15, -0.1) is 0 Å². The molecule has 0 radical (unpaired) electrons. The van der Waals surface area contributed by atoms with Crippen LogP contribution < -0.4 is 15.4 Å². The Bertz CT molecular complexity index is 1040. The molecule has 0 spiro atoms. The number of nitrogens with one attached hydrogen (secondary N) is 2. The number of hydrogen-bond acceptors (Lipinski definition) is 7. The number of aromatic nitrogens is 2. The standard InChI is InChI=1S/C22H25FN4O4/c1-22(2,3)31-21(28)26-13-16(10-23)14-29-17-6-7-18-19(9-17)30-20(27-18)25-12-15-5-4-8-24-11-15/h4-11H,12-14H2,1-3H3,(H,25,27)(H,26,28)/b16-10-. The van der Waals surface area contributed by atoms with Crippen molar-refractivity contribution in [3.05, 3.63) is 60.2 Å². The molecule has 0 fully saturated rings. The second-order valence-corrected chi connectivity index (χ2v) is 7.77. The molecule has 0 unspecified atom stereocenters. The minimum absolute atomic E-state index is 0.0294. The third kappa shape index (κ3) is 6.98. The number of amides is 1. The minimum Gasteiger partial charge on any atom is -0.489 e. The van der Waals surface area contributed by atoms with Crippen LogP contribution in [-0.2, 0) is 11.3 Å². The second kappa shape index (κ2) is 9.92. The average molecular weight is 428 g/mol. The van der Waals surface area contributed by atoms with E-state index in [1.54, 1.807) is 51.4 Å². The Morgan fingerprint density at radius 3 is 2.84 bits per heavy atom. The zero-order valence-corrected chi connectivity index (χ0v) is 17.6. The number of hydrogen-bond donors (Lipinski definition) is 2. The lowest BCUT2D eigenvalue weighted by molar-refractivity contribution is 0.0531. The van der Waals surface area contributed by atoms with E-state index in [1.165, 1.54) is 0 Å². The predicted octanol–water partition coefficient (Wildman–Crippen LogP) is 4.59. The molecule has 2 aromatic heterocycles. The molecule has 3 rings (SSSR count). The topological polar surface area (TPSA) is 98.5 Å². The van der Waals surface area contributed by atoms with E-state index in [0.29, 0.717) is 35.7 Å². The molecule has 0 bridgehead atoms. The van der Waals surface area contributed by atoms with Crippen molar-refractivity contribution in [1.82, 2.24) is 15.3 Å².